The van der Waals surface area contributed by atoms with Crippen molar-refractivity contribution in [3.63, 3.8) is 0 Å². The topological polar surface area (TPSA) is 112 Å². The van der Waals surface area contributed by atoms with Crippen LogP contribution in [-0.2, 0) is 13.8 Å². The summed E-state index contributed by atoms with van der Waals surface area (Å²) in [5, 5.41) is 0.507. The van der Waals surface area contributed by atoms with Crippen molar-refractivity contribution in [2.75, 3.05) is 6.61 Å². The molecule has 2 aliphatic rings. The number of benzene rings is 1. The zero-order valence-corrected chi connectivity index (χ0v) is 15.4. The summed E-state index contributed by atoms with van der Waals surface area (Å²) >= 11 is 5.81. The van der Waals surface area contributed by atoms with Gasteiger partial charge < -0.3 is 0 Å². The van der Waals surface area contributed by atoms with Gasteiger partial charge in [-0.05, 0) is 0 Å². The number of H-pyrrole nitrogens is 1. The number of nitrogens with zero attached hydrogens (tertiary/aromatic N) is 1. The van der Waals surface area contributed by atoms with Crippen LogP contribution < -0.4 is 15.8 Å². The van der Waals surface area contributed by atoms with Crippen molar-refractivity contribution < 1.29 is 27.6 Å². The van der Waals surface area contributed by atoms with Crippen LogP contribution in [0.3, 0.4) is 0 Å². The van der Waals surface area contributed by atoms with Gasteiger partial charge in [0, 0.05) is 0 Å². The molecule has 0 amide bonds. The molecule has 0 radical (unpaired) electrons. The Balaban J connectivity index is 1.49. The molecule has 12 heteroatoms. The Bertz CT molecular complexity index is 968. The third-order valence-electron chi connectivity index (χ3n) is 4.21. The Morgan fingerprint density at radius 3 is 2.78 bits per heavy atom. The quantitative estimate of drug-likeness (QED) is 0.724. The van der Waals surface area contributed by atoms with E-state index >= 15 is 0 Å². The predicted molar refractivity (Wildman–Crippen MR) is 93.2 cm³/mol. The van der Waals surface area contributed by atoms with E-state index in [2.05, 4.69) is 0 Å². The number of hydrogen-bond acceptors (Lipinski definition) is 7. The van der Waals surface area contributed by atoms with E-state index in [-0.39, 0.29) is 13.0 Å². The number of aromatic amines is 1. The third-order valence-corrected chi connectivity index (χ3v) is 6.08. The van der Waals surface area contributed by atoms with Crippen LogP contribution in [0.5, 0.6) is 5.75 Å². The van der Waals surface area contributed by atoms with E-state index in [1.54, 1.807) is 24.3 Å². The molecule has 2 N–H and O–H groups in total. The molecule has 0 bridgehead atoms. The zero-order valence-electron chi connectivity index (χ0n) is 13.6. The monoisotopic (exact) mass is 420 g/mol. The first kappa shape index (κ1) is 18.5. The fourth-order valence-corrected chi connectivity index (χ4v) is 4.68. The molecule has 0 aliphatic carbocycles. The predicted octanol–water partition coefficient (Wildman–Crippen LogP) is 1.51. The van der Waals surface area contributed by atoms with Gasteiger partial charge in [0.1, 0.15) is 0 Å². The van der Waals surface area contributed by atoms with Crippen LogP contribution in [0, 0.1) is 5.82 Å². The van der Waals surface area contributed by atoms with E-state index in [0.717, 1.165) is 10.8 Å². The summed E-state index contributed by atoms with van der Waals surface area (Å²) < 4.78 is 36.5. The molecule has 2 fully saturated rings. The van der Waals surface area contributed by atoms with Gasteiger partial charge in [0.2, 0.25) is 0 Å². The second-order valence-electron chi connectivity index (χ2n) is 6.06. The van der Waals surface area contributed by atoms with Crippen molar-refractivity contribution in [3.05, 3.63) is 62.1 Å². The number of aromatic nitrogens is 2. The maximum absolute atomic E-state index is 13.5. The number of halogens is 2. The second-order valence-corrected chi connectivity index (χ2v) is 8.27. The fourth-order valence-electron chi connectivity index (χ4n) is 2.94. The van der Waals surface area contributed by atoms with E-state index < -0.39 is 43.7 Å². The van der Waals surface area contributed by atoms with Crippen LogP contribution in [-0.4, -0.2) is 33.3 Å². The van der Waals surface area contributed by atoms with Crippen LogP contribution in [0.1, 0.15) is 12.6 Å². The molecule has 0 saturated carbocycles. The molecule has 146 valence electrons. The van der Waals surface area contributed by atoms with Gasteiger partial charge in [-0.3, -0.25) is 0 Å². The number of fused-ring (bicyclic) bond motifs is 1. The summed E-state index contributed by atoms with van der Waals surface area (Å²) in [5.41, 5.74) is -1.92. The van der Waals surface area contributed by atoms with E-state index in [4.69, 9.17) is 29.9 Å². The molecule has 3 atom stereocenters. The van der Waals surface area contributed by atoms with Gasteiger partial charge in [-0.25, -0.2) is 0 Å². The minimum absolute atomic E-state index is 0.0297. The van der Waals surface area contributed by atoms with E-state index in [1.165, 1.54) is 0 Å². The van der Waals surface area contributed by atoms with Gasteiger partial charge >= 0.3 is 156 Å². The van der Waals surface area contributed by atoms with Gasteiger partial charge in [0.15, 0.2) is 0 Å². The number of ether oxygens (including phenoxy) is 1. The van der Waals surface area contributed by atoms with E-state index in [9.17, 15) is 18.9 Å². The van der Waals surface area contributed by atoms with Gasteiger partial charge in [0.05, 0.1) is 0 Å². The molecular formula is C15H15ClFN2O7P. The Hall–Kier alpha value is -1.81. The van der Waals surface area contributed by atoms with E-state index in [1.807, 2.05) is 4.98 Å². The number of nitrogens with one attached hydrogen (secondary N) is 1. The molecule has 4 rings (SSSR count). The Kier molecular flexibility index (Phi) is 4.79. The Morgan fingerprint density at radius 1 is 1.30 bits per heavy atom. The molecule has 3 heterocycles. The maximum atomic E-state index is 13.5. The third kappa shape index (κ3) is 3.77. The minimum atomic E-state index is -3.99. The van der Waals surface area contributed by atoms with Crippen LogP contribution in [0.25, 0.3) is 0 Å². The van der Waals surface area contributed by atoms with Gasteiger partial charge in [-0.2, -0.15) is 0 Å². The SMILES string of the molecule is O=c1[nH]c(=O)n([C@H]2C[C@@H]3O[PH](O)(Oc4ccc(Cl)cc4)OC[C@H]3O2)cc1F. The van der Waals surface area contributed by atoms with E-state index in [0.29, 0.717) is 10.8 Å². The molecule has 0 spiro atoms. The summed E-state index contributed by atoms with van der Waals surface area (Å²) in [6, 6.07) is 6.30. The molecule has 27 heavy (non-hydrogen) atoms. The van der Waals surface area contributed by atoms with Crippen molar-refractivity contribution >= 4 is 19.8 Å². The van der Waals surface area contributed by atoms with Gasteiger partial charge in [-0.15, -0.1) is 0 Å². The number of hydrogen-bond donors (Lipinski definition) is 2. The van der Waals surface area contributed by atoms with Gasteiger partial charge in [-0.1, -0.05) is 0 Å². The molecule has 9 nitrogen and oxygen atoms in total. The normalized spacial score (nSPS) is 27.7. The van der Waals surface area contributed by atoms with Crippen molar-refractivity contribution in [1.82, 2.24) is 9.55 Å². The molecule has 0 unspecified atom stereocenters. The van der Waals surface area contributed by atoms with Crippen LogP contribution >= 0.6 is 19.8 Å². The average Bonchev–Trinajstić information content (AvgIpc) is 3.02. The van der Waals surface area contributed by atoms with Gasteiger partial charge in [0.25, 0.3) is 0 Å². The average molecular weight is 421 g/mol. The molecule has 2 aliphatic heterocycles. The summed E-state index contributed by atoms with van der Waals surface area (Å²) in [6.07, 6.45) is -1.18. The van der Waals surface area contributed by atoms with Crippen molar-refractivity contribution in [2.24, 2.45) is 0 Å². The standard InChI is InChI=1S/C15H15ClFN2O7P/c16-8-1-3-9(4-2-8)25-27(22)23-7-12-11(26-27)5-13(24-12)19-6-10(17)14(20)18-15(19)21/h1-4,6,11-13,22,27H,5,7H2,(H,18,20,21)/t11-,12+,13+/m0/s1. The fraction of sp³-hybridized carbons (Fsp3) is 0.333. The summed E-state index contributed by atoms with van der Waals surface area (Å²) in [6.45, 7) is -0.0297. The molecule has 2 aromatic rings. The Morgan fingerprint density at radius 2 is 2.04 bits per heavy atom. The van der Waals surface area contributed by atoms with Crippen molar-refractivity contribution in [1.29, 1.82) is 0 Å². The first-order valence-corrected chi connectivity index (χ1v) is 10.0. The zero-order chi connectivity index (χ0) is 19.2. The van der Waals surface area contributed by atoms with Crippen LogP contribution in [0.15, 0.2) is 40.1 Å². The summed E-state index contributed by atoms with van der Waals surface area (Å²) in [7, 11) is -3.99. The molecule has 2 saturated heterocycles. The first-order valence-electron chi connectivity index (χ1n) is 7.98. The molecule has 1 aromatic carbocycles. The second kappa shape index (κ2) is 6.97. The summed E-state index contributed by atoms with van der Waals surface area (Å²) in [4.78, 5) is 35.5. The van der Waals surface area contributed by atoms with Crippen LogP contribution in [0.4, 0.5) is 4.39 Å². The Labute approximate surface area is 156 Å². The number of rotatable bonds is 3. The first-order chi connectivity index (χ1) is 12.8. The summed E-state index contributed by atoms with van der Waals surface area (Å²) in [5.74, 6) is -0.788. The van der Waals surface area contributed by atoms with Crippen molar-refractivity contribution in [3.8, 4) is 5.75 Å². The molecule has 1 aromatic heterocycles. The van der Waals surface area contributed by atoms with Crippen LogP contribution in [0.2, 0.25) is 5.02 Å². The van der Waals surface area contributed by atoms with Crippen molar-refractivity contribution in [2.45, 2.75) is 24.9 Å². The molecular weight excluding hydrogens is 406 g/mol.